The van der Waals surface area contributed by atoms with Crippen LogP contribution in [0.4, 0.5) is 5.69 Å². The Labute approximate surface area is 164 Å². The van der Waals surface area contributed by atoms with Crippen molar-refractivity contribution in [3.8, 4) is 0 Å². The average Bonchev–Trinajstić information content (AvgIpc) is 3.12. The summed E-state index contributed by atoms with van der Waals surface area (Å²) in [7, 11) is 0. The Balaban J connectivity index is 1.66. The standard InChI is InChI=1S/C19H14ClN5OS/c1-12-10-17(25-19(23-12)21-11-22-25)27-16-9-5-4-8-15(16)24-18(26)13-6-2-3-7-14(13)20/h2-11H,1H3,(H,24,26). The van der Waals surface area contributed by atoms with E-state index in [2.05, 4.69) is 20.4 Å². The fourth-order valence-electron chi connectivity index (χ4n) is 2.58. The van der Waals surface area contributed by atoms with Gasteiger partial charge in [0.2, 0.25) is 0 Å². The molecule has 0 spiro atoms. The van der Waals surface area contributed by atoms with Gasteiger partial charge in [-0.2, -0.15) is 14.6 Å². The molecule has 0 aliphatic heterocycles. The number of nitrogens with zero attached hydrogens (tertiary/aromatic N) is 4. The molecule has 8 heteroatoms. The quantitative estimate of drug-likeness (QED) is 0.515. The molecule has 6 nitrogen and oxygen atoms in total. The number of rotatable bonds is 4. The first-order valence-corrected chi connectivity index (χ1v) is 9.31. The van der Waals surface area contributed by atoms with Gasteiger partial charge in [-0.25, -0.2) is 4.98 Å². The molecule has 2 aromatic heterocycles. The summed E-state index contributed by atoms with van der Waals surface area (Å²) in [5.74, 6) is 0.278. The van der Waals surface area contributed by atoms with Gasteiger partial charge < -0.3 is 5.32 Å². The van der Waals surface area contributed by atoms with E-state index < -0.39 is 0 Å². The molecule has 0 aliphatic carbocycles. The fraction of sp³-hybridized carbons (Fsp3) is 0.0526. The van der Waals surface area contributed by atoms with Crippen molar-refractivity contribution in [2.45, 2.75) is 16.8 Å². The molecular formula is C19H14ClN5OS. The van der Waals surface area contributed by atoms with Gasteiger partial charge in [0.15, 0.2) is 0 Å². The Kier molecular flexibility index (Phi) is 4.79. The molecule has 1 N–H and O–H groups in total. The zero-order valence-corrected chi connectivity index (χ0v) is 15.8. The van der Waals surface area contributed by atoms with E-state index in [1.807, 2.05) is 37.3 Å². The van der Waals surface area contributed by atoms with Gasteiger partial charge in [0, 0.05) is 10.6 Å². The molecule has 1 amide bonds. The monoisotopic (exact) mass is 395 g/mol. The van der Waals surface area contributed by atoms with Gasteiger partial charge in [0.1, 0.15) is 11.4 Å². The van der Waals surface area contributed by atoms with Crippen molar-refractivity contribution >= 4 is 40.7 Å². The zero-order chi connectivity index (χ0) is 18.8. The van der Waals surface area contributed by atoms with E-state index in [1.165, 1.54) is 18.1 Å². The Hall–Kier alpha value is -2.90. The highest BCUT2D eigenvalue weighted by molar-refractivity contribution is 7.99. The van der Waals surface area contributed by atoms with Gasteiger partial charge in [0.05, 0.1) is 16.3 Å². The topological polar surface area (TPSA) is 72.2 Å². The Morgan fingerprint density at radius 1 is 1.15 bits per heavy atom. The summed E-state index contributed by atoms with van der Waals surface area (Å²) in [6.45, 7) is 1.91. The number of fused-ring (bicyclic) bond motifs is 1. The lowest BCUT2D eigenvalue weighted by Gasteiger charge is -2.12. The number of halogens is 1. The number of anilines is 1. The van der Waals surface area contributed by atoms with Gasteiger partial charge in [-0.15, -0.1) is 0 Å². The number of para-hydroxylation sites is 1. The van der Waals surface area contributed by atoms with Crippen molar-refractivity contribution in [1.82, 2.24) is 19.6 Å². The molecular weight excluding hydrogens is 382 g/mol. The lowest BCUT2D eigenvalue weighted by molar-refractivity contribution is 0.102. The largest absolute Gasteiger partial charge is 0.321 e. The van der Waals surface area contributed by atoms with Crippen LogP contribution in [0.25, 0.3) is 5.78 Å². The highest BCUT2D eigenvalue weighted by Crippen LogP contribution is 2.34. The van der Waals surface area contributed by atoms with Gasteiger partial charge in [-0.1, -0.05) is 47.6 Å². The van der Waals surface area contributed by atoms with Crippen LogP contribution in [0.1, 0.15) is 16.1 Å². The molecule has 0 atom stereocenters. The second-order valence-electron chi connectivity index (χ2n) is 5.74. The van der Waals surface area contributed by atoms with E-state index in [4.69, 9.17) is 11.6 Å². The number of nitrogens with one attached hydrogen (secondary N) is 1. The van der Waals surface area contributed by atoms with E-state index in [1.54, 1.807) is 28.8 Å². The van der Waals surface area contributed by atoms with Gasteiger partial charge in [-0.3, -0.25) is 4.79 Å². The summed E-state index contributed by atoms with van der Waals surface area (Å²) in [6.07, 6.45) is 1.47. The molecule has 0 saturated carbocycles. The molecule has 27 heavy (non-hydrogen) atoms. The van der Waals surface area contributed by atoms with E-state index in [-0.39, 0.29) is 5.91 Å². The van der Waals surface area contributed by atoms with Gasteiger partial charge >= 0.3 is 0 Å². The average molecular weight is 396 g/mol. The summed E-state index contributed by atoms with van der Waals surface area (Å²) in [6, 6.07) is 16.5. The highest BCUT2D eigenvalue weighted by Gasteiger charge is 2.14. The number of amides is 1. The number of carbonyl (C=O) groups excluding carboxylic acids is 1. The molecule has 2 heterocycles. The van der Waals surface area contributed by atoms with Crippen molar-refractivity contribution in [2.24, 2.45) is 0 Å². The first-order valence-electron chi connectivity index (χ1n) is 8.12. The predicted octanol–water partition coefficient (Wildman–Crippen LogP) is 4.49. The summed E-state index contributed by atoms with van der Waals surface area (Å²) in [4.78, 5) is 22.0. The SMILES string of the molecule is Cc1cc(Sc2ccccc2NC(=O)c2ccccc2Cl)n2ncnc2n1. The van der Waals surface area contributed by atoms with Crippen LogP contribution in [0.2, 0.25) is 5.02 Å². The first kappa shape index (κ1) is 17.5. The summed E-state index contributed by atoms with van der Waals surface area (Å²) in [5.41, 5.74) is 1.96. The third-order valence-electron chi connectivity index (χ3n) is 3.82. The first-order chi connectivity index (χ1) is 13.1. The number of aromatic nitrogens is 4. The van der Waals surface area contributed by atoms with Crippen molar-refractivity contribution in [1.29, 1.82) is 0 Å². The smallest absolute Gasteiger partial charge is 0.257 e. The molecule has 0 saturated heterocycles. The Morgan fingerprint density at radius 2 is 1.93 bits per heavy atom. The Bertz CT molecular complexity index is 1140. The molecule has 0 fully saturated rings. The van der Waals surface area contributed by atoms with Crippen LogP contribution in [0.15, 0.2) is 70.8 Å². The minimum absolute atomic E-state index is 0.259. The molecule has 0 bridgehead atoms. The number of hydrogen-bond acceptors (Lipinski definition) is 5. The molecule has 0 aliphatic rings. The van der Waals surface area contributed by atoms with Crippen LogP contribution in [-0.4, -0.2) is 25.5 Å². The summed E-state index contributed by atoms with van der Waals surface area (Å²) in [5, 5.41) is 8.43. The maximum Gasteiger partial charge on any atom is 0.257 e. The molecule has 134 valence electrons. The van der Waals surface area contributed by atoms with Crippen LogP contribution in [0.5, 0.6) is 0 Å². The lowest BCUT2D eigenvalue weighted by atomic mass is 10.2. The third-order valence-corrected chi connectivity index (χ3v) is 5.22. The van der Waals surface area contributed by atoms with Crippen LogP contribution in [0.3, 0.4) is 0 Å². The third kappa shape index (κ3) is 3.65. The number of carbonyl (C=O) groups is 1. The van der Waals surface area contributed by atoms with E-state index in [9.17, 15) is 4.79 Å². The zero-order valence-electron chi connectivity index (χ0n) is 14.3. The van der Waals surface area contributed by atoms with Crippen LogP contribution in [0, 0.1) is 6.92 Å². The van der Waals surface area contributed by atoms with Crippen LogP contribution in [-0.2, 0) is 0 Å². The Morgan fingerprint density at radius 3 is 2.78 bits per heavy atom. The van der Waals surface area contributed by atoms with Crippen LogP contribution < -0.4 is 5.32 Å². The summed E-state index contributed by atoms with van der Waals surface area (Å²) >= 11 is 7.61. The lowest BCUT2D eigenvalue weighted by Crippen LogP contribution is -2.13. The maximum atomic E-state index is 12.6. The second kappa shape index (κ2) is 7.38. The second-order valence-corrected chi connectivity index (χ2v) is 7.21. The van der Waals surface area contributed by atoms with Crippen molar-refractivity contribution < 1.29 is 4.79 Å². The minimum Gasteiger partial charge on any atom is -0.321 e. The molecule has 2 aromatic carbocycles. The number of benzene rings is 2. The van der Waals surface area contributed by atoms with E-state index in [0.29, 0.717) is 22.1 Å². The van der Waals surface area contributed by atoms with Crippen LogP contribution >= 0.6 is 23.4 Å². The maximum absolute atomic E-state index is 12.6. The van der Waals surface area contributed by atoms with Gasteiger partial charge in [0.25, 0.3) is 11.7 Å². The number of hydrogen-bond donors (Lipinski definition) is 1. The van der Waals surface area contributed by atoms with Crippen molar-refractivity contribution in [3.05, 3.63) is 77.2 Å². The van der Waals surface area contributed by atoms with Gasteiger partial charge in [-0.05, 0) is 37.3 Å². The van der Waals surface area contributed by atoms with E-state index >= 15 is 0 Å². The molecule has 4 rings (SSSR count). The molecule has 4 aromatic rings. The van der Waals surface area contributed by atoms with E-state index in [0.717, 1.165) is 15.6 Å². The molecule has 0 radical (unpaired) electrons. The normalized spacial score (nSPS) is 10.9. The minimum atomic E-state index is -0.259. The van der Waals surface area contributed by atoms with Crippen molar-refractivity contribution in [3.63, 3.8) is 0 Å². The number of aryl methyl sites for hydroxylation is 1. The predicted molar refractivity (Wildman–Crippen MR) is 105 cm³/mol. The fourth-order valence-corrected chi connectivity index (χ4v) is 3.84. The summed E-state index contributed by atoms with van der Waals surface area (Å²) < 4.78 is 1.67. The van der Waals surface area contributed by atoms with Crippen molar-refractivity contribution in [2.75, 3.05) is 5.32 Å². The molecule has 0 unspecified atom stereocenters. The highest BCUT2D eigenvalue weighted by atomic mass is 35.5.